The molecule has 128 valence electrons. The molecule has 1 aromatic rings. The highest BCUT2D eigenvalue weighted by atomic mass is 16.7. The molecular weight excluding hydrogens is 308 g/mol. The summed E-state index contributed by atoms with van der Waals surface area (Å²) in [6.45, 7) is 6.45. The van der Waals surface area contributed by atoms with E-state index in [2.05, 4.69) is 11.9 Å². The lowest BCUT2D eigenvalue weighted by atomic mass is 10.0. The summed E-state index contributed by atoms with van der Waals surface area (Å²) in [5.74, 6) is -0.686. The summed E-state index contributed by atoms with van der Waals surface area (Å²) in [6.07, 6.45) is 3.01. The van der Waals surface area contributed by atoms with Crippen LogP contribution in [0.4, 0.5) is 0 Å². The van der Waals surface area contributed by atoms with Crippen LogP contribution in [0.5, 0.6) is 0 Å². The summed E-state index contributed by atoms with van der Waals surface area (Å²) < 4.78 is 11.4. The van der Waals surface area contributed by atoms with Crippen LogP contribution in [0.3, 0.4) is 0 Å². The predicted molar refractivity (Wildman–Crippen MR) is 88.7 cm³/mol. The Morgan fingerprint density at radius 3 is 2.29 bits per heavy atom. The van der Waals surface area contributed by atoms with Crippen LogP contribution in [0, 0.1) is 0 Å². The van der Waals surface area contributed by atoms with Crippen molar-refractivity contribution in [3.8, 4) is 0 Å². The minimum Gasteiger partial charge on any atom is -0.349 e. The van der Waals surface area contributed by atoms with Gasteiger partial charge in [-0.3, -0.25) is 9.59 Å². The number of hydrogen-bond donors (Lipinski definition) is 1. The average Bonchev–Trinajstić information content (AvgIpc) is 3.08. The van der Waals surface area contributed by atoms with Gasteiger partial charge in [0.15, 0.2) is 5.79 Å². The number of amides is 2. The lowest BCUT2D eigenvalue weighted by Crippen LogP contribution is -2.47. The van der Waals surface area contributed by atoms with Gasteiger partial charge in [0.1, 0.15) is 0 Å². The number of carbonyl (C=O) groups excluding carboxylic acids is 2. The van der Waals surface area contributed by atoms with E-state index in [-0.39, 0.29) is 11.8 Å². The van der Waals surface area contributed by atoms with Crippen molar-refractivity contribution < 1.29 is 19.1 Å². The summed E-state index contributed by atoms with van der Waals surface area (Å²) in [5, 5.41) is 2.71. The number of piperidine rings is 1. The fraction of sp³-hybridized carbons (Fsp3) is 0.444. The molecule has 2 aliphatic rings. The van der Waals surface area contributed by atoms with Gasteiger partial charge in [0, 0.05) is 43.6 Å². The van der Waals surface area contributed by atoms with Crippen molar-refractivity contribution >= 4 is 11.8 Å². The second-order valence-electron chi connectivity index (χ2n) is 5.98. The molecule has 0 aliphatic carbocycles. The fourth-order valence-corrected chi connectivity index (χ4v) is 3.05. The Labute approximate surface area is 141 Å². The van der Waals surface area contributed by atoms with Crippen LogP contribution in [-0.2, 0) is 9.47 Å². The van der Waals surface area contributed by atoms with E-state index in [1.54, 1.807) is 30.3 Å². The molecule has 2 saturated heterocycles. The van der Waals surface area contributed by atoms with E-state index in [1.807, 2.05) is 4.90 Å². The van der Waals surface area contributed by atoms with E-state index < -0.39 is 5.79 Å². The molecule has 2 amide bonds. The standard InChI is InChI=1S/C18H22N2O4/c1-2-9-19-16(21)14-3-5-15(6-4-14)17(22)20-10-7-18(8-11-20)23-12-13-24-18/h2-6H,1,7-13H2,(H,19,21). The predicted octanol–water partition coefficient (Wildman–Crippen LogP) is 1.58. The molecule has 3 rings (SSSR count). The van der Waals surface area contributed by atoms with Crippen molar-refractivity contribution in [2.75, 3.05) is 32.8 Å². The number of likely N-dealkylation sites (tertiary alicyclic amines) is 1. The number of benzene rings is 1. The van der Waals surface area contributed by atoms with E-state index >= 15 is 0 Å². The van der Waals surface area contributed by atoms with Crippen molar-refractivity contribution in [3.05, 3.63) is 48.0 Å². The average molecular weight is 330 g/mol. The number of nitrogens with one attached hydrogen (secondary N) is 1. The molecular formula is C18H22N2O4. The smallest absolute Gasteiger partial charge is 0.253 e. The summed E-state index contributed by atoms with van der Waals surface area (Å²) in [6, 6.07) is 6.72. The van der Waals surface area contributed by atoms with Crippen LogP contribution < -0.4 is 5.32 Å². The third kappa shape index (κ3) is 3.49. The topological polar surface area (TPSA) is 67.9 Å². The molecule has 6 heteroatoms. The Bertz CT molecular complexity index is 610. The van der Waals surface area contributed by atoms with Crippen LogP contribution in [0.2, 0.25) is 0 Å². The molecule has 0 aromatic heterocycles. The first kappa shape index (κ1) is 16.7. The molecule has 2 heterocycles. The summed E-state index contributed by atoms with van der Waals surface area (Å²) in [5.41, 5.74) is 1.11. The maximum Gasteiger partial charge on any atom is 0.253 e. The Morgan fingerprint density at radius 1 is 1.12 bits per heavy atom. The fourth-order valence-electron chi connectivity index (χ4n) is 3.05. The van der Waals surface area contributed by atoms with E-state index in [4.69, 9.17) is 9.47 Å². The molecule has 6 nitrogen and oxygen atoms in total. The molecule has 0 radical (unpaired) electrons. The van der Waals surface area contributed by atoms with Crippen molar-refractivity contribution in [2.24, 2.45) is 0 Å². The van der Waals surface area contributed by atoms with E-state index in [0.717, 1.165) is 0 Å². The quantitative estimate of drug-likeness (QED) is 0.851. The molecule has 1 aromatic carbocycles. The Balaban J connectivity index is 1.59. The van der Waals surface area contributed by atoms with Gasteiger partial charge in [0.2, 0.25) is 0 Å². The first-order valence-electron chi connectivity index (χ1n) is 8.20. The molecule has 0 atom stereocenters. The van der Waals surface area contributed by atoms with E-state index in [0.29, 0.717) is 56.8 Å². The van der Waals surface area contributed by atoms with Crippen LogP contribution >= 0.6 is 0 Å². The van der Waals surface area contributed by atoms with Crippen LogP contribution in [0.25, 0.3) is 0 Å². The number of nitrogens with zero attached hydrogens (tertiary/aromatic N) is 1. The van der Waals surface area contributed by atoms with Crippen molar-refractivity contribution in [1.29, 1.82) is 0 Å². The van der Waals surface area contributed by atoms with Gasteiger partial charge in [-0.15, -0.1) is 6.58 Å². The highest BCUT2D eigenvalue weighted by molar-refractivity contribution is 5.97. The zero-order valence-electron chi connectivity index (χ0n) is 13.6. The number of carbonyl (C=O) groups is 2. The molecule has 2 fully saturated rings. The van der Waals surface area contributed by atoms with Gasteiger partial charge < -0.3 is 19.7 Å². The van der Waals surface area contributed by atoms with Gasteiger partial charge in [0.05, 0.1) is 13.2 Å². The maximum atomic E-state index is 12.6. The lowest BCUT2D eigenvalue weighted by molar-refractivity contribution is -0.181. The lowest BCUT2D eigenvalue weighted by Gasteiger charge is -2.37. The molecule has 0 saturated carbocycles. The zero-order valence-corrected chi connectivity index (χ0v) is 13.6. The third-order valence-electron chi connectivity index (χ3n) is 4.43. The van der Waals surface area contributed by atoms with Crippen LogP contribution in [0.15, 0.2) is 36.9 Å². The van der Waals surface area contributed by atoms with Crippen LogP contribution in [-0.4, -0.2) is 55.3 Å². The SMILES string of the molecule is C=CCNC(=O)c1ccc(C(=O)N2CCC3(CC2)OCCO3)cc1. The highest BCUT2D eigenvalue weighted by Crippen LogP contribution is 2.31. The van der Waals surface area contributed by atoms with Gasteiger partial charge in [-0.25, -0.2) is 0 Å². The van der Waals surface area contributed by atoms with Crippen molar-refractivity contribution in [1.82, 2.24) is 10.2 Å². The zero-order chi connectivity index (χ0) is 17.0. The molecule has 1 spiro atoms. The Hall–Kier alpha value is -2.18. The van der Waals surface area contributed by atoms with Gasteiger partial charge in [-0.05, 0) is 24.3 Å². The van der Waals surface area contributed by atoms with Crippen LogP contribution in [0.1, 0.15) is 33.6 Å². The van der Waals surface area contributed by atoms with Crippen molar-refractivity contribution in [3.63, 3.8) is 0 Å². The minimum atomic E-state index is -0.482. The number of hydrogen-bond acceptors (Lipinski definition) is 4. The molecule has 0 unspecified atom stereocenters. The summed E-state index contributed by atoms with van der Waals surface area (Å²) in [4.78, 5) is 26.2. The molecule has 2 aliphatic heterocycles. The molecule has 0 bridgehead atoms. The molecule has 1 N–H and O–H groups in total. The molecule has 24 heavy (non-hydrogen) atoms. The van der Waals surface area contributed by atoms with E-state index in [9.17, 15) is 9.59 Å². The largest absolute Gasteiger partial charge is 0.349 e. The van der Waals surface area contributed by atoms with E-state index in [1.165, 1.54) is 0 Å². The monoisotopic (exact) mass is 330 g/mol. The Kier molecular flexibility index (Phi) is 4.97. The number of ether oxygens (including phenoxy) is 2. The first-order chi connectivity index (χ1) is 11.6. The first-order valence-corrected chi connectivity index (χ1v) is 8.20. The summed E-state index contributed by atoms with van der Waals surface area (Å²) in [7, 11) is 0. The normalized spacial score (nSPS) is 19.2. The third-order valence-corrected chi connectivity index (χ3v) is 4.43. The summed E-state index contributed by atoms with van der Waals surface area (Å²) >= 11 is 0. The highest BCUT2D eigenvalue weighted by Gasteiger charge is 2.40. The maximum absolute atomic E-state index is 12.6. The second kappa shape index (κ2) is 7.15. The van der Waals surface area contributed by atoms with Gasteiger partial charge in [-0.1, -0.05) is 6.08 Å². The second-order valence-corrected chi connectivity index (χ2v) is 5.98. The minimum absolute atomic E-state index is 0.0269. The van der Waals surface area contributed by atoms with Gasteiger partial charge in [-0.2, -0.15) is 0 Å². The number of rotatable bonds is 4. The van der Waals surface area contributed by atoms with Crippen molar-refractivity contribution in [2.45, 2.75) is 18.6 Å². The Morgan fingerprint density at radius 2 is 1.71 bits per heavy atom. The van der Waals surface area contributed by atoms with Gasteiger partial charge in [0.25, 0.3) is 11.8 Å². The van der Waals surface area contributed by atoms with Gasteiger partial charge >= 0.3 is 0 Å².